The summed E-state index contributed by atoms with van der Waals surface area (Å²) in [6.45, 7) is 6.56. The number of aromatic hydroxyl groups is 1. The van der Waals surface area contributed by atoms with Crippen molar-refractivity contribution >= 4 is 5.97 Å². The fraction of sp³-hybridized carbons (Fsp3) is 0.333. The number of rotatable bonds is 14. The molecule has 1 heterocycles. The Balaban J connectivity index is 1.80. The molecule has 6 nitrogen and oxygen atoms in total. The molecule has 4 aromatic rings. The van der Waals surface area contributed by atoms with Gasteiger partial charge in [-0.15, -0.1) is 0 Å². The first kappa shape index (κ1) is 28.1. The van der Waals surface area contributed by atoms with Crippen LogP contribution in [0.1, 0.15) is 79.2 Å². The molecule has 0 saturated heterocycles. The number of carboxylic acid groups (broad SMARTS) is 1. The van der Waals surface area contributed by atoms with Gasteiger partial charge < -0.3 is 14.8 Å². The Hall–Kier alpha value is -3.90. The van der Waals surface area contributed by atoms with Gasteiger partial charge in [0.15, 0.2) is 0 Å². The Morgan fingerprint density at radius 2 is 1.56 bits per heavy atom. The van der Waals surface area contributed by atoms with Gasteiger partial charge in [0, 0.05) is 25.2 Å². The molecular formula is C33H39N3O3. The molecule has 1 atom stereocenters. The zero-order valence-electron chi connectivity index (χ0n) is 23.0. The number of carbonyl (C=O) groups is 1. The number of nitrogens with zero attached hydrogens (tertiary/aromatic N) is 3. The van der Waals surface area contributed by atoms with E-state index in [-0.39, 0.29) is 17.4 Å². The monoisotopic (exact) mass is 525 g/mol. The summed E-state index contributed by atoms with van der Waals surface area (Å²) in [5.41, 5.74) is 4.26. The molecule has 0 amide bonds. The summed E-state index contributed by atoms with van der Waals surface area (Å²) in [7, 11) is 0. The summed E-state index contributed by atoms with van der Waals surface area (Å²) >= 11 is 0. The fourth-order valence-electron chi connectivity index (χ4n) is 5.12. The average molecular weight is 526 g/mol. The minimum atomic E-state index is -1.13. The van der Waals surface area contributed by atoms with Gasteiger partial charge in [0.2, 0.25) is 0 Å². The maximum absolute atomic E-state index is 11.7. The van der Waals surface area contributed by atoms with Crippen LogP contribution in [0.3, 0.4) is 0 Å². The first-order valence-corrected chi connectivity index (χ1v) is 14.0. The second kappa shape index (κ2) is 13.8. The largest absolute Gasteiger partial charge is 0.507 e. The highest BCUT2D eigenvalue weighted by molar-refractivity contribution is 5.90. The van der Waals surface area contributed by atoms with E-state index in [1.165, 1.54) is 17.3 Å². The standard InChI is InChI=1S/C33H39N3O3/c1-3-5-17-29(30-22-34-32(36(30)20-6-4-2)27-15-11-8-12-16-27)35(23-25-13-9-7-10-14-25)24-26-18-19-31(37)28(21-26)33(38)39/h7-16,18-19,21-22,29,37H,3-6,17,20,23-24H2,1-2H3,(H,38,39). The molecule has 0 saturated carbocycles. The molecule has 0 aliphatic heterocycles. The summed E-state index contributed by atoms with van der Waals surface area (Å²) in [5, 5.41) is 19.7. The van der Waals surface area contributed by atoms with Crippen molar-refractivity contribution in [1.29, 1.82) is 0 Å². The van der Waals surface area contributed by atoms with E-state index >= 15 is 0 Å². The van der Waals surface area contributed by atoms with Crippen LogP contribution in [-0.2, 0) is 19.6 Å². The van der Waals surface area contributed by atoms with Crippen LogP contribution in [0.25, 0.3) is 11.4 Å². The van der Waals surface area contributed by atoms with E-state index < -0.39 is 5.97 Å². The summed E-state index contributed by atoms with van der Waals surface area (Å²) in [4.78, 5) is 19.1. The lowest BCUT2D eigenvalue weighted by atomic mass is 10.0. The Bertz CT molecular complexity index is 1340. The van der Waals surface area contributed by atoms with E-state index in [1.807, 2.05) is 24.4 Å². The Labute approximate surface area is 231 Å². The highest BCUT2D eigenvalue weighted by Crippen LogP contribution is 2.33. The van der Waals surface area contributed by atoms with Gasteiger partial charge in [0.25, 0.3) is 0 Å². The van der Waals surface area contributed by atoms with Crippen molar-refractivity contribution in [3.05, 3.63) is 107 Å². The summed E-state index contributed by atoms with van der Waals surface area (Å²) in [6.07, 6.45) is 7.28. The van der Waals surface area contributed by atoms with E-state index in [4.69, 9.17) is 4.98 Å². The number of carboxylic acids is 1. The molecule has 0 bridgehead atoms. The molecule has 39 heavy (non-hydrogen) atoms. The van der Waals surface area contributed by atoms with Gasteiger partial charge in [-0.05, 0) is 36.1 Å². The molecule has 0 radical (unpaired) electrons. The smallest absolute Gasteiger partial charge is 0.339 e. The molecule has 0 spiro atoms. The first-order chi connectivity index (χ1) is 19.0. The molecule has 204 valence electrons. The van der Waals surface area contributed by atoms with Crippen LogP contribution in [-0.4, -0.2) is 30.6 Å². The van der Waals surface area contributed by atoms with Crippen LogP contribution in [0.4, 0.5) is 0 Å². The molecule has 1 aromatic heterocycles. The van der Waals surface area contributed by atoms with Crippen LogP contribution in [0.15, 0.2) is 85.1 Å². The van der Waals surface area contributed by atoms with Crippen LogP contribution < -0.4 is 0 Å². The second-order valence-electron chi connectivity index (χ2n) is 10.1. The minimum absolute atomic E-state index is 0.0726. The molecule has 6 heteroatoms. The van der Waals surface area contributed by atoms with Gasteiger partial charge in [0.1, 0.15) is 17.1 Å². The quantitative estimate of drug-likeness (QED) is 0.176. The number of hydrogen-bond acceptors (Lipinski definition) is 4. The molecule has 1 unspecified atom stereocenters. The van der Waals surface area contributed by atoms with E-state index in [0.29, 0.717) is 13.1 Å². The topological polar surface area (TPSA) is 78.6 Å². The summed E-state index contributed by atoms with van der Waals surface area (Å²) < 4.78 is 2.39. The Morgan fingerprint density at radius 1 is 0.897 bits per heavy atom. The van der Waals surface area contributed by atoms with Crippen LogP contribution >= 0.6 is 0 Å². The maximum atomic E-state index is 11.7. The zero-order chi connectivity index (χ0) is 27.6. The summed E-state index contributed by atoms with van der Waals surface area (Å²) in [5.74, 6) is -0.358. The Morgan fingerprint density at radius 3 is 2.23 bits per heavy atom. The van der Waals surface area contributed by atoms with Crippen LogP contribution in [0, 0.1) is 0 Å². The van der Waals surface area contributed by atoms with Gasteiger partial charge in [-0.25, -0.2) is 9.78 Å². The van der Waals surface area contributed by atoms with Crippen molar-refractivity contribution < 1.29 is 15.0 Å². The molecule has 0 aliphatic rings. The number of imidazole rings is 1. The molecule has 2 N–H and O–H groups in total. The minimum Gasteiger partial charge on any atom is -0.507 e. The first-order valence-electron chi connectivity index (χ1n) is 14.0. The van der Waals surface area contributed by atoms with Crippen molar-refractivity contribution in [2.24, 2.45) is 0 Å². The van der Waals surface area contributed by atoms with Crippen molar-refractivity contribution in [3.63, 3.8) is 0 Å². The predicted molar refractivity (Wildman–Crippen MR) is 156 cm³/mol. The van der Waals surface area contributed by atoms with Crippen LogP contribution in [0.5, 0.6) is 5.75 Å². The van der Waals surface area contributed by atoms with E-state index in [1.54, 1.807) is 6.07 Å². The Kier molecular flexibility index (Phi) is 9.92. The third kappa shape index (κ3) is 7.15. The lowest BCUT2D eigenvalue weighted by molar-refractivity contribution is 0.0693. The normalized spacial score (nSPS) is 12.1. The lowest BCUT2D eigenvalue weighted by Crippen LogP contribution is -2.30. The van der Waals surface area contributed by atoms with Gasteiger partial charge in [0.05, 0.1) is 17.9 Å². The van der Waals surface area contributed by atoms with Gasteiger partial charge >= 0.3 is 5.97 Å². The van der Waals surface area contributed by atoms with Crippen molar-refractivity contribution in [2.75, 3.05) is 0 Å². The van der Waals surface area contributed by atoms with Gasteiger partial charge in [-0.1, -0.05) is 99.8 Å². The number of benzene rings is 3. The highest BCUT2D eigenvalue weighted by Gasteiger charge is 2.26. The number of unbranched alkanes of at least 4 members (excludes halogenated alkanes) is 2. The van der Waals surface area contributed by atoms with Crippen molar-refractivity contribution in [1.82, 2.24) is 14.5 Å². The summed E-state index contributed by atoms with van der Waals surface area (Å²) in [6, 6.07) is 25.7. The fourth-order valence-corrected chi connectivity index (χ4v) is 5.12. The number of aromatic nitrogens is 2. The lowest BCUT2D eigenvalue weighted by Gasteiger charge is -2.33. The highest BCUT2D eigenvalue weighted by atomic mass is 16.4. The third-order valence-electron chi connectivity index (χ3n) is 7.17. The average Bonchev–Trinajstić information content (AvgIpc) is 3.37. The third-order valence-corrected chi connectivity index (χ3v) is 7.17. The zero-order valence-corrected chi connectivity index (χ0v) is 23.0. The van der Waals surface area contributed by atoms with Crippen LogP contribution in [0.2, 0.25) is 0 Å². The van der Waals surface area contributed by atoms with E-state index in [0.717, 1.165) is 55.6 Å². The van der Waals surface area contributed by atoms with Gasteiger partial charge in [-0.2, -0.15) is 0 Å². The van der Waals surface area contributed by atoms with Crippen molar-refractivity contribution in [2.45, 2.75) is 71.6 Å². The SMILES string of the molecule is CCCCC(c1cnc(-c2ccccc2)n1CCCC)N(Cc1ccccc1)Cc1ccc(O)c(C(=O)O)c1. The molecule has 0 aliphatic carbocycles. The van der Waals surface area contributed by atoms with Crippen molar-refractivity contribution in [3.8, 4) is 17.1 Å². The molecule has 3 aromatic carbocycles. The number of aromatic carboxylic acids is 1. The maximum Gasteiger partial charge on any atom is 0.339 e. The number of phenols is 1. The predicted octanol–water partition coefficient (Wildman–Crippen LogP) is 7.69. The molecule has 4 rings (SSSR count). The van der Waals surface area contributed by atoms with E-state index in [9.17, 15) is 15.0 Å². The van der Waals surface area contributed by atoms with Gasteiger partial charge in [-0.3, -0.25) is 4.90 Å². The molecular weight excluding hydrogens is 486 g/mol. The second-order valence-corrected chi connectivity index (χ2v) is 10.1. The molecule has 0 fully saturated rings. The van der Waals surface area contributed by atoms with E-state index in [2.05, 4.69) is 71.8 Å². The number of hydrogen-bond donors (Lipinski definition) is 2.